The first kappa shape index (κ1) is 8.96. The number of ether oxygens (including phenoxy) is 1. The number of hydrogen-bond acceptors (Lipinski definition) is 4. The van der Waals surface area contributed by atoms with E-state index >= 15 is 0 Å². The van der Waals surface area contributed by atoms with Crippen LogP contribution >= 0.6 is 0 Å². The van der Waals surface area contributed by atoms with Gasteiger partial charge in [0.2, 0.25) is 5.91 Å². The van der Waals surface area contributed by atoms with Gasteiger partial charge >= 0.3 is 0 Å². The van der Waals surface area contributed by atoms with Crippen LogP contribution in [0, 0.1) is 0 Å². The SMILES string of the molecule is CN1C(=O)[C@@H](N)COc2cccnc21. The normalized spacial score (nSPS) is 21.1. The lowest BCUT2D eigenvalue weighted by Gasteiger charge is -2.15. The molecule has 0 saturated carbocycles. The number of carbonyl (C=O) groups excluding carboxylic acids is 1. The minimum absolute atomic E-state index is 0.178. The maximum Gasteiger partial charge on any atom is 0.248 e. The molecule has 0 saturated heterocycles. The van der Waals surface area contributed by atoms with Crippen molar-refractivity contribution in [3.63, 3.8) is 0 Å². The number of nitrogens with two attached hydrogens (primary N) is 1. The lowest BCUT2D eigenvalue weighted by atomic mass is 10.3. The van der Waals surface area contributed by atoms with Gasteiger partial charge in [-0.15, -0.1) is 0 Å². The topological polar surface area (TPSA) is 68.5 Å². The smallest absolute Gasteiger partial charge is 0.248 e. The van der Waals surface area contributed by atoms with E-state index in [1.807, 2.05) is 0 Å². The molecule has 0 aliphatic carbocycles. The molecule has 0 unspecified atom stereocenters. The summed E-state index contributed by atoms with van der Waals surface area (Å²) in [5.74, 6) is 0.934. The Kier molecular flexibility index (Phi) is 2.09. The number of pyridine rings is 1. The third-order valence-corrected chi connectivity index (χ3v) is 2.13. The van der Waals surface area contributed by atoms with Gasteiger partial charge in [0.05, 0.1) is 0 Å². The Hall–Kier alpha value is -1.62. The van der Waals surface area contributed by atoms with Gasteiger partial charge in [0.1, 0.15) is 12.6 Å². The van der Waals surface area contributed by atoms with Gasteiger partial charge in [-0.3, -0.25) is 9.69 Å². The molecular weight excluding hydrogens is 182 g/mol. The number of hydrogen-bond donors (Lipinski definition) is 1. The highest BCUT2D eigenvalue weighted by Crippen LogP contribution is 2.26. The first-order valence-electron chi connectivity index (χ1n) is 4.31. The zero-order chi connectivity index (χ0) is 10.1. The standard InChI is InChI=1S/C9H11N3O2/c1-12-8-7(3-2-4-11-8)14-5-6(10)9(12)13/h2-4,6H,5,10H2,1H3/t6-/m0/s1. The molecule has 1 aromatic rings. The Morgan fingerprint density at radius 3 is 3.29 bits per heavy atom. The van der Waals surface area contributed by atoms with Crippen molar-refractivity contribution in [2.24, 2.45) is 5.73 Å². The summed E-state index contributed by atoms with van der Waals surface area (Å²) in [5, 5.41) is 0. The fourth-order valence-electron chi connectivity index (χ4n) is 1.35. The fraction of sp³-hybridized carbons (Fsp3) is 0.333. The van der Waals surface area contributed by atoms with Gasteiger partial charge in [0.25, 0.3) is 0 Å². The van der Waals surface area contributed by atoms with Gasteiger partial charge in [-0.05, 0) is 12.1 Å². The first-order valence-corrected chi connectivity index (χ1v) is 4.31. The summed E-state index contributed by atoms with van der Waals surface area (Å²) >= 11 is 0. The molecule has 1 amide bonds. The molecule has 0 fully saturated rings. The second kappa shape index (κ2) is 3.26. The lowest BCUT2D eigenvalue weighted by Crippen LogP contribution is -2.43. The Labute approximate surface area is 81.5 Å². The largest absolute Gasteiger partial charge is 0.488 e. The zero-order valence-electron chi connectivity index (χ0n) is 7.80. The maximum absolute atomic E-state index is 11.6. The maximum atomic E-state index is 11.6. The van der Waals surface area contributed by atoms with Crippen LogP contribution in [0.4, 0.5) is 5.82 Å². The molecule has 1 atom stereocenters. The number of likely N-dealkylation sites (N-methyl/N-ethyl adjacent to an activating group) is 1. The highest BCUT2D eigenvalue weighted by Gasteiger charge is 2.26. The van der Waals surface area contributed by atoms with Crippen molar-refractivity contribution in [3.05, 3.63) is 18.3 Å². The number of rotatable bonds is 0. The van der Waals surface area contributed by atoms with Crippen LogP contribution in [0.2, 0.25) is 0 Å². The van der Waals surface area contributed by atoms with E-state index in [-0.39, 0.29) is 12.5 Å². The van der Waals surface area contributed by atoms with Crippen LogP contribution in [0.25, 0.3) is 0 Å². The second-order valence-corrected chi connectivity index (χ2v) is 3.14. The highest BCUT2D eigenvalue weighted by molar-refractivity contribution is 5.97. The third kappa shape index (κ3) is 1.31. The Morgan fingerprint density at radius 1 is 1.71 bits per heavy atom. The van der Waals surface area contributed by atoms with Crippen molar-refractivity contribution < 1.29 is 9.53 Å². The van der Waals surface area contributed by atoms with E-state index in [0.717, 1.165) is 0 Å². The van der Waals surface area contributed by atoms with Crippen LogP contribution in [0.15, 0.2) is 18.3 Å². The molecule has 0 bridgehead atoms. The molecule has 2 N–H and O–H groups in total. The average Bonchev–Trinajstić information content (AvgIpc) is 2.32. The summed E-state index contributed by atoms with van der Waals surface area (Å²) in [7, 11) is 1.64. The van der Waals surface area contributed by atoms with Gasteiger partial charge in [0, 0.05) is 13.2 Å². The first-order chi connectivity index (χ1) is 6.70. The number of carbonyl (C=O) groups is 1. The van der Waals surface area contributed by atoms with Gasteiger partial charge in [0.15, 0.2) is 11.6 Å². The van der Waals surface area contributed by atoms with E-state index in [4.69, 9.17) is 10.5 Å². The van der Waals surface area contributed by atoms with E-state index in [1.165, 1.54) is 4.90 Å². The second-order valence-electron chi connectivity index (χ2n) is 3.14. The summed E-state index contributed by atoms with van der Waals surface area (Å²) in [6, 6.07) is 2.91. The molecule has 2 heterocycles. The average molecular weight is 193 g/mol. The van der Waals surface area contributed by atoms with Gasteiger partial charge in [-0.25, -0.2) is 4.98 Å². The third-order valence-electron chi connectivity index (χ3n) is 2.13. The summed E-state index contributed by atoms with van der Waals surface area (Å²) in [6.07, 6.45) is 1.61. The van der Waals surface area contributed by atoms with Crippen LogP contribution in [0.3, 0.4) is 0 Å². The quantitative estimate of drug-likeness (QED) is 0.617. The molecule has 5 nitrogen and oxygen atoms in total. The van der Waals surface area contributed by atoms with Crippen molar-refractivity contribution in [2.75, 3.05) is 18.6 Å². The molecule has 1 aliphatic heterocycles. The van der Waals surface area contributed by atoms with Crippen LogP contribution in [0.5, 0.6) is 5.75 Å². The van der Waals surface area contributed by atoms with Crippen molar-refractivity contribution in [2.45, 2.75) is 6.04 Å². The molecule has 5 heteroatoms. The van der Waals surface area contributed by atoms with Gasteiger partial charge < -0.3 is 10.5 Å². The minimum atomic E-state index is -0.616. The predicted molar refractivity (Wildman–Crippen MR) is 51.1 cm³/mol. The lowest BCUT2D eigenvalue weighted by molar-refractivity contribution is -0.119. The molecule has 1 aliphatic rings. The van der Waals surface area contributed by atoms with E-state index in [2.05, 4.69) is 4.98 Å². The van der Waals surface area contributed by atoms with E-state index in [0.29, 0.717) is 11.6 Å². The Balaban J connectivity index is 2.45. The van der Waals surface area contributed by atoms with Crippen molar-refractivity contribution in [3.8, 4) is 5.75 Å². The van der Waals surface area contributed by atoms with Crippen molar-refractivity contribution in [1.82, 2.24) is 4.98 Å². The molecule has 2 rings (SSSR count). The van der Waals surface area contributed by atoms with E-state index in [9.17, 15) is 4.79 Å². The molecule has 0 aromatic carbocycles. The Bertz CT molecular complexity index is 367. The van der Waals surface area contributed by atoms with Crippen molar-refractivity contribution >= 4 is 11.7 Å². The molecule has 74 valence electrons. The summed E-state index contributed by atoms with van der Waals surface area (Å²) < 4.78 is 5.35. The fourth-order valence-corrected chi connectivity index (χ4v) is 1.35. The minimum Gasteiger partial charge on any atom is -0.488 e. The van der Waals surface area contributed by atoms with Crippen LogP contribution < -0.4 is 15.4 Å². The highest BCUT2D eigenvalue weighted by atomic mass is 16.5. The van der Waals surface area contributed by atoms with Gasteiger partial charge in [-0.1, -0.05) is 0 Å². The number of anilines is 1. The molecular formula is C9H11N3O2. The van der Waals surface area contributed by atoms with E-state index in [1.54, 1.807) is 25.4 Å². The number of nitrogens with zero attached hydrogens (tertiary/aromatic N) is 2. The monoisotopic (exact) mass is 193 g/mol. The van der Waals surface area contributed by atoms with Crippen LogP contribution in [0.1, 0.15) is 0 Å². The Morgan fingerprint density at radius 2 is 2.50 bits per heavy atom. The zero-order valence-corrected chi connectivity index (χ0v) is 7.80. The van der Waals surface area contributed by atoms with E-state index < -0.39 is 6.04 Å². The molecule has 0 radical (unpaired) electrons. The van der Waals surface area contributed by atoms with Gasteiger partial charge in [-0.2, -0.15) is 0 Å². The molecule has 14 heavy (non-hydrogen) atoms. The summed E-state index contributed by atoms with van der Waals surface area (Å²) in [4.78, 5) is 17.1. The summed E-state index contributed by atoms with van der Waals surface area (Å²) in [6.45, 7) is 0.196. The molecule has 0 spiro atoms. The molecule has 1 aromatic heterocycles. The van der Waals surface area contributed by atoms with Crippen LogP contribution in [-0.2, 0) is 4.79 Å². The number of amides is 1. The van der Waals surface area contributed by atoms with Crippen molar-refractivity contribution in [1.29, 1.82) is 0 Å². The number of aromatic nitrogens is 1. The number of fused-ring (bicyclic) bond motifs is 1. The predicted octanol–water partition coefficient (Wildman–Crippen LogP) is -0.236. The summed E-state index contributed by atoms with van der Waals surface area (Å²) in [5.41, 5.74) is 5.60. The van der Waals surface area contributed by atoms with Crippen LogP contribution in [-0.4, -0.2) is 30.6 Å².